The summed E-state index contributed by atoms with van der Waals surface area (Å²) >= 11 is 0. The van der Waals surface area contributed by atoms with Crippen molar-refractivity contribution in [3.63, 3.8) is 0 Å². The summed E-state index contributed by atoms with van der Waals surface area (Å²) in [5.41, 5.74) is 18.4. The number of hydrogen-bond donors (Lipinski definition) is 0. The monoisotopic (exact) mass is 755 g/mol. The van der Waals surface area contributed by atoms with Crippen molar-refractivity contribution >= 4 is 49.8 Å². The van der Waals surface area contributed by atoms with E-state index in [-0.39, 0.29) is 5.41 Å². The smallest absolute Gasteiger partial charge is 0.145 e. The van der Waals surface area contributed by atoms with E-state index in [9.17, 15) is 0 Å². The zero-order chi connectivity index (χ0) is 39.5. The molecule has 0 radical (unpaired) electrons. The Morgan fingerprint density at radius 1 is 0.458 bits per heavy atom. The first-order chi connectivity index (χ1) is 28.9. The van der Waals surface area contributed by atoms with Crippen molar-refractivity contribution in [3.05, 3.63) is 222 Å². The molecule has 2 nitrogen and oxygen atoms in total. The highest BCUT2D eigenvalue weighted by Crippen LogP contribution is 2.66. The highest BCUT2D eigenvalue weighted by atomic mass is 16.3. The lowest BCUT2D eigenvalue weighted by Gasteiger charge is -2.32. The first-order valence-electron chi connectivity index (χ1n) is 20.7. The van der Waals surface area contributed by atoms with Crippen LogP contribution in [0.25, 0.3) is 66.1 Å². The van der Waals surface area contributed by atoms with Gasteiger partial charge in [0.05, 0.1) is 16.5 Å². The van der Waals surface area contributed by atoms with Crippen molar-refractivity contribution in [2.24, 2.45) is 0 Å². The van der Waals surface area contributed by atoms with Crippen molar-refractivity contribution in [1.82, 2.24) is 0 Å². The van der Waals surface area contributed by atoms with Crippen molar-refractivity contribution in [2.45, 2.75) is 31.6 Å². The minimum atomic E-state index is -0.567. The molecule has 280 valence electrons. The molecule has 2 aliphatic rings. The van der Waals surface area contributed by atoms with Gasteiger partial charge in [0.1, 0.15) is 11.2 Å². The Labute approximate surface area is 344 Å². The van der Waals surface area contributed by atoms with Crippen LogP contribution in [0.3, 0.4) is 0 Å². The molecule has 9 aromatic carbocycles. The van der Waals surface area contributed by atoms with Gasteiger partial charge in [0.2, 0.25) is 0 Å². The van der Waals surface area contributed by atoms with Crippen LogP contribution in [-0.2, 0) is 10.8 Å². The van der Waals surface area contributed by atoms with E-state index in [1.165, 1.54) is 72.0 Å². The average molecular weight is 756 g/mol. The van der Waals surface area contributed by atoms with Gasteiger partial charge < -0.3 is 9.32 Å². The molecule has 0 unspecified atom stereocenters. The van der Waals surface area contributed by atoms with Crippen LogP contribution >= 0.6 is 0 Å². The lowest BCUT2D eigenvalue weighted by atomic mass is 9.70. The largest absolute Gasteiger partial charge is 0.455 e. The van der Waals surface area contributed by atoms with Crippen molar-refractivity contribution in [3.8, 4) is 33.4 Å². The highest BCUT2D eigenvalue weighted by Gasteiger charge is 2.53. The SMILES string of the molecule is CC(C)(C)c1ccc(N(c2ccc(-c3ccccc3)cc2)c2cc3c(c4oc5ccccc5c24)-c2c(ccc4ccccc24)C32c3ccccc3-c3ccccc32)cc1. The lowest BCUT2D eigenvalue weighted by Crippen LogP contribution is -2.26. The maximum Gasteiger partial charge on any atom is 0.145 e. The third-order valence-electron chi connectivity index (χ3n) is 13.0. The molecule has 2 aliphatic carbocycles. The zero-order valence-corrected chi connectivity index (χ0v) is 33.3. The molecule has 1 aromatic heterocycles. The molecule has 2 heteroatoms. The fourth-order valence-corrected chi connectivity index (χ4v) is 10.4. The Hall–Kier alpha value is -7.16. The number of benzene rings is 9. The third kappa shape index (κ3) is 4.75. The lowest BCUT2D eigenvalue weighted by molar-refractivity contribution is 0.590. The molecular formula is C57H41NO. The van der Waals surface area contributed by atoms with Crippen LogP contribution in [-0.4, -0.2) is 0 Å². The predicted octanol–water partition coefficient (Wildman–Crippen LogP) is 15.5. The molecule has 0 saturated heterocycles. The number of anilines is 3. The van der Waals surface area contributed by atoms with Crippen LogP contribution in [0.5, 0.6) is 0 Å². The minimum Gasteiger partial charge on any atom is -0.455 e. The topological polar surface area (TPSA) is 16.4 Å². The van der Waals surface area contributed by atoms with Gasteiger partial charge in [0.25, 0.3) is 0 Å². The van der Waals surface area contributed by atoms with E-state index in [4.69, 9.17) is 4.42 Å². The number of furan rings is 1. The third-order valence-corrected chi connectivity index (χ3v) is 13.0. The van der Waals surface area contributed by atoms with Crippen LogP contribution in [0.2, 0.25) is 0 Å². The van der Waals surface area contributed by atoms with Gasteiger partial charge in [-0.05, 0) is 108 Å². The quantitative estimate of drug-likeness (QED) is 0.178. The second kappa shape index (κ2) is 12.4. The van der Waals surface area contributed by atoms with E-state index >= 15 is 0 Å². The van der Waals surface area contributed by atoms with Crippen LogP contribution in [0.15, 0.2) is 199 Å². The number of nitrogens with zero attached hydrogens (tertiary/aromatic N) is 1. The van der Waals surface area contributed by atoms with Gasteiger partial charge in [-0.15, -0.1) is 0 Å². The standard InChI is InChI=1S/C57H41NO/c1-56(2,3)39-28-32-41(33-29-39)58(40-30-25-37(26-31-40)36-15-5-4-6-16-36)50-35-49-54(55-53(50)45-21-11-14-24-51(45)59-55)52-42-18-8-7-17-38(42)27-34-48(52)57(49)46-22-12-9-19-43(46)44-20-10-13-23-47(44)57/h4-35H,1-3H3. The Morgan fingerprint density at radius 2 is 1.03 bits per heavy atom. The normalized spacial score (nSPS) is 13.5. The van der Waals surface area contributed by atoms with E-state index in [2.05, 4.69) is 220 Å². The summed E-state index contributed by atoms with van der Waals surface area (Å²) in [6.07, 6.45) is 0. The summed E-state index contributed by atoms with van der Waals surface area (Å²) in [5.74, 6) is 0. The molecule has 0 amide bonds. The fraction of sp³-hybridized carbons (Fsp3) is 0.0877. The van der Waals surface area contributed by atoms with Gasteiger partial charge in [-0.2, -0.15) is 0 Å². The number of para-hydroxylation sites is 1. The molecule has 0 atom stereocenters. The number of fused-ring (bicyclic) bond motifs is 16. The van der Waals surface area contributed by atoms with Gasteiger partial charge in [0.15, 0.2) is 0 Å². The summed E-state index contributed by atoms with van der Waals surface area (Å²) in [7, 11) is 0. The Balaban J connectivity index is 1.24. The predicted molar refractivity (Wildman–Crippen MR) is 246 cm³/mol. The second-order valence-corrected chi connectivity index (χ2v) is 17.2. The minimum absolute atomic E-state index is 0.0203. The zero-order valence-electron chi connectivity index (χ0n) is 33.3. The average Bonchev–Trinajstić information content (AvgIpc) is 3.92. The molecule has 12 rings (SSSR count). The molecule has 0 bridgehead atoms. The second-order valence-electron chi connectivity index (χ2n) is 17.2. The van der Waals surface area contributed by atoms with Crippen molar-refractivity contribution in [1.29, 1.82) is 0 Å². The van der Waals surface area contributed by atoms with Gasteiger partial charge in [-0.1, -0.05) is 178 Å². The maximum atomic E-state index is 7.26. The molecule has 59 heavy (non-hydrogen) atoms. The molecule has 0 aliphatic heterocycles. The van der Waals surface area contributed by atoms with Crippen LogP contribution in [0.1, 0.15) is 48.6 Å². The van der Waals surface area contributed by atoms with Gasteiger partial charge in [0, 0.05) is 22.3 Å². The Morgan fingerprint density at radius 3 is 1.73 bits per heavy atom. The van der Waals surface area contributed by atoms with E-state index in [1.807, 2.05) is 0 Å². The maximum absolute atomic E-state index is 7.26. The van der Waals surface area contributed by atoms with Crippen molar-refractivity contribution in [2.75, 3.05) is 4.90 Å². The summed E-state index contributed by atoms with van der Waals surface area (Å²) in [6.45, 7) is 6.84. The van der Waals surface area contributed by atoms with E-state index in [1.54, 1.807) is 0 Å². The molecule has 0 saturated carbocycles. The van der Waals surface area contributed by atoms with E-state index in [0.29, 0.717) is 0 Å². The van der Waals surface area contributed by atoms with E-state index in [0.717, 1.165) is 39.0 Å². The molecule has 10 aromatic rings. The van der Waals surface area contributed by atoms with Gasteiger partial charge in [-0.25, -0.2) is 0 Å². The van der Waals surface area contributed by atoms with Gasteiger partial charge >= 0.3 is 0 Å². The number of rotatable bonds is 4. The molecule has 0 fully saturated rings. The van der Waals surface area contributed by atoms with Gasteiger partial charge in [-0.3, -0.25) is 0 Å². The summed E-state index contributed by atoms with van der Waals surface area (Å²) in [4.78, 5) is 2.47. The first-order valence-corrected chi connectivity index (χ1v) is 20.7. The first kappa shape index (κ1) is 33.9. The Kier molecular flexibility index (Phi) is 7.14. The van der Waals surface area contributed by atoms with Crippen molar-refractivity contribution < 1.29 is 4.42 Å². The number of hydrogen-bond acceptors (Lipinski definition) is 2. The van der Waals surface area contributed by atoms with E-state index < -0.39 is 5.41 Å². The summed E-state index contributed by atoms with van der Waals surface area (Å²) in [6, 6.07) is 71.7. The molecule has 1 spiro atoms. The summed E-state index contributed by atoms with van der Waals surface area (Å²) in [5, 5.41) is 4.68. The van der Waals surface area contributed by atoms with Crippen LogP contribution in [0.4, 0.5) is 17.1 Å². The molecule has 0 N–H and O–H groups in total. The summed E-state index contributed by atoms with van der Waals surface area (Å²) < 4.78 is 7.26. The molecule has 1 heterocycles. The highest BCUT2D eigenvalue weighted by molar-refractivity contribution is 6.22. The molecular weight excluding hydrogens is 715 g/mol. The Bertz CT molecular complexity index is 3250. The van der Waals surface area contributed by atoms with Crippen LogP contribution in [0, 0.1) is 0 Å². The van der Waals surface area contributed by atoms with Crippen LogP contribution < -0.4 is 4.90 Å². The fourth-order valence-electron chi connectivity index (χ4n) is 10.4.